The summed E-state index contributed by atoms with van der Waals surface area (Å²) < 4.78 is 0. The minimum atomic E-state index is 0.276. The Morgan fingerprint density at radius 1 is 1.36 bits per heavy atom. The van der Waals surface area contributed by atoms with Crippen LogP contribution in [0.1, 0.15) is 30.0 Å². The van der Waals surface area contributed by atoms with Gasteiger partial charge in [-0.1, -0.05) is 24.3 Å². The number of hydrogen-bond acceptors (Lipinski definition) is 1. The standard InChI is InChI=1S/C12H17NO/c14-9-8-13-12-7-3-5-10-4-1-2-6-11(10)12/h1-2,4,6,12-14H,3,5,7-9H2/p+1/t12-/m1/s1. The van der Waals surface area contributed by atoms with Crippen LogP contribution >= 0.6 is 0 Å². The number of aliphatic hydroxyl groups excluding tert-OH is 1. The van der Waals surface area contributed by atoms with Crippen LogP contribution in [0.25, 0.3) is 0 Å². The first-order chi connectivity index (χ1) is 6.92. The number of aryl methyl sites for hydroxylation is 1. The predicted octanol–water partition coefficient (Wildman–Crippen LogP) is 0.620. The largest absolute Gasteiger partial charge is 0.391 e. The molecule has 3 N–H and O–H groups in total. The van der Waals surface area contributed by atoms with Gasteiger partial charge in [0.15, 0.2) is 0 Å². The maximum Gasteiger partial charge on any atom is 0.112 e. The molecule has 1 aliphatic carbocycles. The lowest BCUT2D eigenvalue weighted by atomic mass is 9.88. The number of aliphatic hydroxyl groups is 1. The second-order valence-corrected chi connectivity index (χ2v) is 3.95. The number of quaternary nitrogens is 1. The van der Waals surface area contributed by atoms with Crippen molar-refractivity contribution in [1.82, 2.24) is 0 Å². The number of hydrogen-bond donors (Lipinski definition) is 2. The Kier molecular flexibility index (Phi) is 3.17. The molecule has 0 aliphatic heterocycles. The smallest absolute Gasteiger partial charge is 0.112 e. The topological polar surface area (TPSA) is 36.8 Å². The monoisotopic (exact) mass is 192 g/mol. The van der Waals surface area contributed by atoms with Crippen molar-refractivity contribution in [2.75, 3.05) is 13.2 Å². The molecule has 0 aromatic heterocycles. The molecule has 1 atom stereocenters. The van der Waals surface area contributed by atoms with Crippen molar-refractivity contribution in [3.05, 3.63) is 35.4 Å². The van der Waals surface area contributed by atoms with E-state index < -0.39 is 0 Å². The fraction of sp³-hybridized carbons (Fsp3) is 0.500. The van der Waals surface area contributed by atoms with Crippen LogP contribution in [0.15, 0.2) is 24.3 Å². The Morgan fingerprint density at radius 2 is 2.21 bits per heavy atom. The van der Waals surface area contributed by atoms with Gasteiger partial charge >= 0.3 is 0 Å². The minimum absolute atomic E-state index is 0.276. The summed E-state index contributed by atoms with van der Waals surface area (Å²) in [5.41, 5.74) is 2.98. The zero-order chi connectivity index (χ0) is 9.80. The van der Waals surface area contributed by atoms with Crippen molar-refractivity contribution in [1.29, 1.82) is 0 Å². The molecule has 0 saturated carbocycles. The normalized spacial score (nSPS) is 20.5. The lowest BCUT2D eigenvalue weighted by molar-refractivity contribution is -0.698. The van der Waals surface area contributed by atoms with E-state index in [1.165, 1.54) is 30.4 Å². The fourth-order valence-electron chi connectivity index (χ4n) is 2.31. The summed E-state index contributed by atoms with van der Waals surface area (Å²) in [6.07, 6.45) is 3.75. The van der Waals surface area contributed by atoms with Gasteiger partial charge in [-0.15, -0.1) is 0 Å². The molecule has 1 aromatic carbocycles. The summed E-state index contributed by atoms with van der Waals surface area (Å²) in [4.78, 5) is 0. The maximum atomic E-state index is 8.81. The molecule has 0 heterocycles. The zero-order valence-electron chi connectivity index (χ0n) is 8.45. The van der Waals surface area contributed by atoms with Crippen molar-refractivity contribution in [2.45, 2.75) is 25.3 Å². The van der Waals surface area contributed by atoms with E-state index in [-0.39, 0.29) is 6.61 Å². The van der Waals surface area contributed by atoms with Gasteiger partial charge < -0.3 is 10.4 Å². The summed E-state index contributed by atoms with van der Waals surface area (Å²) in [5, 5.41) is 11.1. The van der Waals surface area contributed by atoms with Crippen LogP contribution in [0.2, 0.25) is 0 Å². The number of fused-ring (bicyclic) bond motifs is 1. The Bertz CT molecular complexity index is 298. The quantitative estimate of drug-likeness (QED) is 0.723. The summed E-state index contributed by atoms with van der Waals surface area (Å²) in [6, 6.07) is 9.27. The van der Waals surface area contributed by atoms with Gasteiger partial charge in [0.25, 0.3) is 0 Å². The fourth-order valence-corrected chi connectivity index (χ4v) is 2.31. The molecule has 0 saturated heterocycles. The second-order valence-electron chi connectivity index (χ2n) is 3.95. The van der Waals surface area contributed by atoms with E-state index in [4.69, 9.17) is 5.11 Å². The van der Waals surface area contributed by atoms with Crippen LogP contribution in [-0.2, 0) is 6.42 Å². The number of nitrogens with two attached hydrogens (primary N) is 1. The van der Waals surface area contributed by atoms with Crippen LogP contribution in [0.4, 0.5) is 0 Å². The first-order valence-corrected chi connectivity index (χ1v) is 5.44. The first-order valence-electron chi connectivity index (χ1n) is 5.44. The molecule has 0 spiro atoms. The molecule has 1 aliphatic rings. The van der Waals surface area contributed by atoms with Gasteiger partial charge in [-0.25, -0.2) is 0 Å². The molecular formula is C12H18NO+. The Labute approximate surface area is 85.0 Å². The molecule has 0 unspecified atom stereocenters. The van der Waals surface area contributed by atoms with Gasteiger partial charge in [-0.05, 0) is 18.4 Å². The average molecular weight is 192 g/mol. The Balaban J connectivity index is 2.14. The number of rotatable bonds is 3. The van der Waals surface area contributed by atoms with Gasteiger partial charge in [0, 0.05) is 12.0 Å². The summed E-state index contributed by atoms with van der Waals surface area (Å²) in [6.45, 7) is 1.09. The van der Waals surface area contributed by atoms with E-state index >= 15 is 0 Å². The van der Waals surface area contributed by atoms with Crippen LogP contribution < -0.4 is 5.32 Å². The molecular weight excluding hydrogens is 174 g/mol. The summed E-state index contributed by atoms with van der Waals surface area (Å²) in [5.74, 6) is 0. The van der Waals surface area contributed by atoms with Crippen LogP contribution in [0.5, 0.6) is 0 Å². The third-order valence-electron chi connectivity index (χ3n) is 3.00. The van der Waals surface area contributed by atoms with Crippen molar-refractivity contribution in [2.24, 2.45) is 0 Å². The predicted molar refractivity (Wildman–Crippen MR) is 56.0 cm³/mol. The van der Waals surface area contributed by atoms with E-state index in [9.17, 15) is 0 Å². The van der Waals surface area contributed by atoms with Crippen LogP contribution in [-0.4, -0.2) is 18.3 Å². The van der Waals surface area contributed by atoms with Crippen molar-refractivity contribution < 1.29 is 10.4 Å². The lowest BCUT2D eigenvalue weighted by Gasteiger charge is -2.23. The average Bonchev–Trinajstić information content (AvgIpc) is 2.26. The highest BCUT2D eigenvalue weighted by Crippen LogP contribution is 2.26. The minimum Gasteiger partial charge on any atom is -0.391 e. The molecule has 2 heteroatoms. The van der Waals surface area contributed by atoms with E-state index in [2.05, 4.69) is 29.6 Å². The van der Waals surface area contributed by atoms with Gasteiger partial charge in [0.1, 0.15) is 6.04 Å². The van der Waals surface area contributed by atoms with Crippen LogP contribution in [0, 0.1) is 0 Å². The van der Waals surface area contributed by atoms with E-state index in [1.54, 1.807) is 0 Å². The van der Waals surface area contributed by atoms with Gasteiger partial charge in [0.05, 0.1) is 13.2 Å². The van der Waals surface area contributed by atoms with Gasteiger partial charge in [-0.3, -0.25) is 0 Å². The molecule has 76 valence electrons. The third-order valence-corrected chi connectivity index (χ3v) is 3.00. The first kappa shape index (κ1) is 9.69. The highest BCUT2D eigenvalue weighted by atomic mass is 16.3. The van der Waals surface area contributed by atoms with Crippen molar-refractivity contribution in [3.63, 3.8) is 0 Å². The SMILES string of the molecule is OCC[NH2+][C@@H]1CCCc2ccccc21. The van der Waals surface area contributed by atoms with Crippen molar-refractivity contribution >= 4 is 0 Å². The highest BCUT2D eigenvalue weighted by molar-refractivity contribution is 5.30. The van der Waals surface area contributed by atoms with Gasteiger partial charge in [-0.2, -0.15) is 0 Å². The van der Waals surface area contributed by atoms with E-state index in [0.29, 0.717) is 6.04 Å². The molecule has 2 nitrogen and oxygen atoms in total. The maximum absolute atomic E-state index is 8.81. The molecule has 2 rings (SSSR count). The molecule has 0 radical (unpaired) electrons. The zero-order valence-corrected chi connectivity index (χ0v) is 8.45. The molecule has 0 amide bonds. The molecule has 1 aromatic rings. The summed E-state index contributed by atoms with van der Waals surface area (Å²) >= 11 is 0. The van der Waals surface area contributed by atoms with Crippen molar-refractivity contribution in [3.8, 4) is 0 Å². The summed E-state index contributed by atoms with van der Waals surface area (Å²) in [7, 11) is 0. The number of benzene rings is 1. The molecule has 14 heavy (non-hydrogen) atoms. The highest BCUT2D eigenvalue weighted by Gasteiger charge is 2.21. The molecule has 0 bridgehead atoms. The third kappa shape index (κ3) is 1.97. The van der Waals surface area contributed by atoms with E-state index in [1.807, 2.05) is 0 Å². The Morgan fingerprint density at radius 3 is 3.07 bits per heavy atom. The lowest BCUT2D eigenvalue weighted by Crippen LogP contribution is -2.86. The Hall–Kier alpha value is -0.860. The van der Waals surface area contributed by atoms with E-state index in [0.717, 1.165) is 6.54 Å². The van der Waals surface area contributed by atoms with Crippen LogP contribution in [0.3, 0.4) is 0 Å². The molecule has 0 fully saturated rings. The van der Waals surface area contributed by atoms with Gasteiger partial charge in [0.2, 0.25) is 0 Å². The second kappa shape index (κ2) is 4.58.